The first-order valence-corrected chi connectivity index (χ1v) is 12.6. The van der Waals surface area contributed by atoms with E-state index in [0.717, 1.165) is 42.5 Å². The molecule has 1 N–H and O–H groups in total. The van der Waals surface area contributed by atoms with Crippen LogP contribution in [-0.2, 0) is 11.0 Å². The molecular formula is C28H24F6N4O3. The van der Waals surface area contributed by atoms with Gasteiger partial charge in [-0.3, -0.25) is 4.79 Å². The van der Waals surface area contributed by atoms with Crippen molar-refractivity contribution in [1.82, 2.24) is 4.90 Å². The van der Waals surface area contributed by atoms with Gasteiger partial charge in [0.15, 0.2) is 0 Å². The maximum absolute atomic E-state index is 15.0. The summed E-state index contributed by atoms with van der Waals surface area (Å²) in [5.74, 6) is -3.22. The third kappa shape index (κ3) is 5.48. The number of anilines is 2. The third-order valence-corrected chi connectivity index (χ3v) is 7.06. The monoisotopic (exact) mass is 578 g/mol. The molecule has 5 rings (SSSR count). The first kappa shape index (κ1) is 28.1. The minimum atomic E-state index is -4.72. The van der Waals surface area contributed by atoms with Crippen molar-refractivity contribution < 1.29 is 41.0 Å². The summed E-state index contributed by atoms with van der Waals surface area (Å²) < 4.78 is 90.0. The number of carboxylic acids is 1. The number of hydrogen-bond donors (Lipinski definition) is 1. The van der Waals surface area contributed by atoms with Gasteiger partial charge in [-0.15, -0.1) is 0 Å². The highest BCUT2D eigenvalue weighted by Gasteiger charge is 2.40. The fourth-order valence-corrected chi connectivity index (χ4v) is 5.15. The minimum Gasteiger partial charge on any atom is -0.495 e. The van der Waals surface area contributed by atoms with Crippen molar-refractivity contribution in [2.75, 3.05) is 43.1 Å². The number of aliphatic imine (C=N–C) groups is 1. The van der Waals surface area contributed by atoms with Crippen LogP contribution in [0, 0.1) is 17.5 Å². The summed E-state index contributed by atoms with van der Waals surface area (Å²) in [5, 5.41) is 9.78. The van der Waals surface area contributed by atoms with Gasteiger partial charge in [0, 0.05) is 37.8 Å². The summed E-state index contributed by atoms with van der Waals surface area (Å²) >= 11 is 0. The molecule has 0 aromatic heterocycles. The molecule has 1 atom stereocenters. The molecule has 1 fully saturated rings. The number of fused-ring (bicyclic) bond motifs is 1. The molecule has 1 saturated heterocycles. The van der Waals surface area contributed by atoms with Crippen molar-refractivity contribution in [3.63, 3.8) is 0 Å². The van der Waals surface area contributed by atoms with Gasteiger partial charge in [0.1, 0.15) is 28.9 Å². The first-order chi connectivity index (χ1) is 19.5. The zero-order valence-corrected chi connectivity index (χ0v) is 21.6. The average molecular weight is 579 g/mol. The number of methoxy groups -OCH3 is 1. The second-order valence-electron chi connectivity index (χ2n) is 9.53. The third-order valence-electron chi connectivity index (χ3n) is 7.06. The van der Waals surface area contributed by atoms with Crippen molar-refractivity contribution in [3.8, 4) is 5.75 Å². The largest absolute Gasteiger partial charge is 0.495 e. The number of carboxylic acid groups (broad SMARTS) is 1. The zero-order chi connectivity index (χ0) is 29.5. The van der Waals surface area contributed by atoms with E-state index in [0.29, 0.717) is 0 Å². The molecule has 3 aromatic rings. The van der Waals surface area contributed by atoms with Gasteiger partial charge in [0.2, 0.25) is 5.96 Å². The fraction of sp³-hybridized carbons (Fsp3) is 0.286. The number of benzene rings is 3. The number of aliphatic carboxylic acids is 1. The Kier molecular flexibility index (Phi) is 7.45. The van der Waals surface area contributed by atoms with Crippen LogP contribution in [0.25, 0.3) is 0 Å². The molecule has 2 aliphatic rings. The van der Waals surface area contributed by atoms with Crippen molar-refractivity contribution in [3.05, 3.63) is 83.2 Å². The lowest BCUT2D eigenvalue weighted by molar-refractivity contribution is -0.138. The van der Waals surface area contributed by atoms with Crippen LogP contribution in [0.2, 0.25) is 0 Å². The number of guanidine groups is 1. The van der Waals surface area contributed by atoms with Crippen LogP contribution in [0.3, 0.4) is 0 Å². The van der Waals surface area contributed by atoms with E-state index < -0.39 is 47.6 Å². The van der Waals surface area contributed by atoms with Crippen LogP contribution < -0.4 is 14.5 Å². The number of alkyl halides is 3. The highest BCUT2D eigenvalue weighted by Crippen LogP contribution is 2.46. The molecule has 2 heterocycles. The molecule has 0 radical (unpaired) electrons. The van der Waals surface area contributed by atoms with Gasteiger partial charge in [0.25, 0.3) is 0 Å². The van der Waals surface area contributed by atoms with Crippen LogP contribution in [0.4, 0.5) is 43.4 Å². The summed E-state index contributed by atoms with van der Waals surface area (Å²) in [5.41, 5.74) is -1.02. The fourth-order valence-electron chi connectivity index (χ4n) is 5.15. The first-order valence-electron chi connectivity index (χ1n) is 12.6. The van der Waals surface area contributed by atoms with E-state index >= 15 is 4.39 Å². The molecule has 41 heavy (non-hydrogen) atoms. The van der Waals surface area contributed by atoms with E-state index in [9.17, 15) is 31.9 Å². The predicted octanol–water partition coefficient (Wildman–Crippen LogP) is 5.98. The van der Waals surface area contributed by atoms with Gasteiger partial charge >= 0.3 is 12.1 Å². The summed E-state index contributed by atoms with van der Waals surface area (Å²) in [4.78, 5) is 21.1. The van der Waals surface area contributed by atoms with Crippen LogP contribution >= 0.6 is 0 Å². The molecule has 216 valence electrons. The standard InChI is InChI=1S/C28H24F6N4O3/c1-41-24-8-5-16(28(32,33)34)13-23(24)38-21(15-25(39)40)18-3-2-4-20(31)26(18)35-27(38)37-11-9-36(10-12-37)22-14-17(29)6-7-19(22)30/h2-8,13-14,21H,9-12,15H2,1H3,(H,39,40). The maximum Gasteiger partial charge on any atom is 0.416 e. The van der Waals surface area contributed by atoms with E-state index in [2.05, 4.69) is 4.99 Å². The molecule has 3 aromatic carbocycles. The highest BCUT2D eigenvalue weighted by atomic mass is 19.4. The Morgan fingerprint density at radius 2 is 1.66 bits per heavy atom. The quantitative estimate of drug-likeness (QED) is 0.376. The lowest BCUT2D eigenvalue weighted by Gasteiger charge is -2.45. The van der Waals surface area contributed by atoms with E-state index in [1.54, 1.807) is 9.80 Å². The van der Waals surface area contributed by atoms with Crippen LogP contribution in [-0.4, -0.2) is 55.2 Å². The molecule has 0 saturated carbocycles. The van der Waals surface area contributed by atoms with Crippen LogP contribution in [0.1, 0.15) is 23.6 Å². The lowest BCUT2D eigenvalue weighted by Crippen LogP contribution is -2.55. The number of ether oxygens (including phenoxy) is 1. The summed E-state index contributed by atoms with van der Waals surface area (Å²) in [6, 6.07) is 8.74. The Morgan fingerprint density at radius 3 is 2.32 bits per heavy atom. The van der Waals surface area contributed by atoms with E-state index in [1.807, 2.05) is 0 Å². The zero-order valence-electron chi connectivity index (χ0n) is 21.6. The molecule has 0 spiro atoms. The Balaban J connectivity index is 1.62. The van der Waals surface area contributed by atoms with Gasteiger partial charge in [-0.2, -0.15) is 13.2 Å². The Hall–Kier alpha value is -4.42. The van der Waals surface area contributed by atoms with Crippen molar-refractivity contribution >= 4 is 29.0 Å². The van der Waals surface area contributed by atoms with Gasteiger partial charge < -0.3 is 24.5 Å². The number of carbonyl (C=O) groups is 1. The molecule has 1 unspecified atom stereocenters. The van der Waals surface area contributed by atoms with Crippen molar-refractivity contribution in [1.29, 1.82) is 0 Å². The predicted molar refractivity (Wildman–Crippen MR) is 139 cm³/mol. The molecule has 0 amide bonds. The van der Waals surface area contributed by atoms with Gasteiger partial charge in [-0.05, 0) is 36.4 Å². The Labute approximate surface area is 230 Å². The van der Waals surface area contributed by atoms with E-state index in [4.69, 9.17) is 4.74 Å². The minimum absolute atomic E-state index is 0.00541. The second kappa shape index (κ2) is 10.9. The molecule has 0 aliphatic carbocycles. The van der Waals surface area contributed by atoms with E-state index in [1.165, 1.54) is 24.1 Å². The summed E-state index contributed by atoms with van der Waals surface area (Å²) in [6.45, 7) is 0.605. The smallest absolute Gasteiger partial charge is 0.416 e. The number of halogens is 6. The molecule has 2 aliphatic heterocycles. The van der Waals surface area contributed by atoms with Gasteiger partial charge in [-0.1, -0.05) is 12.1 Å². The summed E-state index contributed by atoms with van der Waals surface area (Å²) in [7, 11) is 1.26. The molecule has 7 nitrogen and oxygen atoms in total. The van der Waals surface area contributed by atoms with Gasteiger partial charge in [0.05, 0.1) is 36.5 Å². The number of piperazine rings is 1. The average Bonchev–Trinajstić information content (AvgIpc) is 2.93. The molecule has 13 heteroatoms. The molecule has 0 bridgehead atoms. The van der Waals surface area contributed by atoms with Crippen LogP contribution in [0.15, 0.2) is 59.6 Å². The normalized spacial score (nSPS) is 17.3. The highest BCUT2D eigenvalue weighted by molar-refractivity contribution is 6.02. The number of hydrogen-bond acceptors (Lipinski definition) is 6. The maximum atomic E-state index is 15.0. The van der Waals surface area contributed by atoms with Crippen molar-refractivity contribution in [2.45, 2.75) is 18.6 Å². The molecular weight excluding hydrogens is 554 g/mol. The SMILES string of the molecule is COc1ccc(C(F)(F)F)cc1N1C(N2CCN(c3cc(F)ccc3F)CC2)=Nc2c(F)cccc2C1CC(=O)O. The summed E-state index contributed by atoms with van der Waals surface area (Å²) in [6.07, 6.45) is -5.32. The second-order valence-corrected chi connectivity index (χ2v) is 9.53. The van der Waals surface area contributed by atoms with Crippen molar-refractivity contribution in [2.24, 2.45) is 4.99 Å². The topological polar surface area (TPSA) is 68.6 Å². The Bertz CT molecular complexity index is 1500. The van der Waals surface area contributed by atoms with Gasteiger partial charge in [-0.25, -0.2) is 18.2 Å². The van der Waals surface area contributed by atoms with Crippen LogP contribution in [0.5, 0.6) is 5.75 Å². The number of rotatable bonds is 5. The Morgan fingerprint density at radius 1 is 0.951 bits per heavy atom. The van der Waals surface area contributed by atoms with E-state index in [-0.39, 0.29) is 60.5 Å². The number of nitrogens with zero attached hydrogens (tertiary/aromatic N) is 4. The lowest BCUT2D eigenvalue weighted by atomic mass is 9.96. The number of para-hydroxylation sites is 1.